The Hall–Kier alpha value is -3.29. The third kappa shape index (κ3) is 4.86. The van der Waals surface area contributed by atoms with E-state index in [0.717, 1.165) is 22.3 Å². The second-order valence-corrected chi connectivity index (χ2v) is 10.9. The van der Waals surface area contributed by atoms with Crippen LogP contribution in [0.2, 0.25) is 0 Å². The first-order valence-corrected chi connectivity index (χ1v) is 12.9. The Morgan fingerprint density at radius 1 is 0.889 bits per heavy atom. The summed E-state index contributed by atoms with van der Waals surface area (Å²) in [5.74, 6) is -4.19. The van der Waals surface area contributed by atoms with Crippen LogP contribution in [-0.4, -0.2) is 28.3 Å². The van der Waals surface area contributed by atoms with Gasteiger partial charge in [-0.2, -0.15) is 0 Å². The highest BCUT2D eigenvalue weighted by Gasteiger charge is 2.56. The van der Waals surface area contributed by atoms with E-state index in [9.17, 15) is 19.5 Å². The number of anilines is 2. The van der Waals surface area contributed by atoms with Crippen molar-refractivity contribution >= 4 is 40.3 Å². The minimum atomic E-state index is -1.62. The van der Waals surface area contributed by atoms with Gasteiger partial charge < -0.3 is 15.7 Å². The molecular weight excluding hydrogens is 472 g/mol. The number of benzene rings is 2. The highest BCUT2D eigenvalue weighted by atomic mass is 32.1. The molecule has 7 heteroatoms. The van der Waals surface area contributed by atoms with Crippen molar-refractivity contribution in [3.05, 3.63) is 81.0 Å². The molecule has 3 aromatic rings. The second kappa shape index (κ2) is 9.99. The van der Waals surface area contributed by atoms with Gasteiger partial charge in [0.05, 0.1) is 11.5 Å². The van der Waals surface area contributed by atoms with Crippen molar-refractivity contribution in [3.63, 3.8) is 0 Å². The summed E-state index contributed by atoms with van der Waals surface area (Å²) < 4.78 is 0. The standard InChI is InChI=1S/C29H32N2O4S/c1-16-9-6-11-20(18(16)3)30-27(33)24-22(32)15-29(5,35)26(25(24)23-13-8-14-36-23)28(34)31-21-12-7-10-17(2)19(21)4/h6-14,24-26,35H,15H2,1-5H3,(H,30,33)(H,31,34). The van der Waals surface area contributed by atoms with Crippen LogP contribution >= 0.6 is 11.3 Å². The molecule has 1 aliphatic carbocycles. The number of Topliss-reactive ketones (excluding diaryl/α,β-unsaturated/α-hetero) is 1. The smallest absolute Gasteiger partial charge is 0.235 e. The van der Waals surface area contributed by atoms with Gasteiger partial charge in [0, 0.05) is 28.6 Å². The van der Waals surface area contributed by atoms with E-state index < -0.39 is 35.2 Å². The lowest BCUT2D eigenvalue weighted by Gasteiger charge is -2.44. The molecule has 188 valence electrons. The topological polar surface area (TPSA) is 95.5 Å². The number of rotatable bonds is 5. The molecule has 36 heavy (non-hydrogen) atoms. The van der Waals surface area contributed by atoms with Crippen molar-refractivity contribution in [1.82, 2.24) is 0 Å². The maximum atomic E-state index is 13.8. The summed E-state index contributed by atoms with van der Waals surface area (Å²) in [6.07, 6.45) is -0.287. The van der Waals surface area contributed by atoms with Crippen LogP contribution in [0.4, 0.5) is 11.4 Å². The molecule has 4 atom stereocenters. The van der Waals surface area contributed by atoms with Gasteiger partial charge in [0.25, 0.3) is 0 Å². The lowest BCUT2D eigenvalue weighted by atomic mass is 9.62. The zero-order valence-electron chi connectivity index (χ0n) is 21.2. The average molecular weight is 505 g/mol. The number of hydrogen-bond donors (Lipinski definition) is 3. The maximum absolute atomic E-state index is 13.8. The minimum absolute atomic E-state index is 0.287. The number of amides is 2. The van der Waals surface area contributed by atoms with Crippen molar-refractivity contribution < 1.29 is 19.5 Å². The Morgan fingerprint density at radius 3 is 1.97 bits per heavy atom. The number of ketones is 1. The SMILES string of the molecule is Cc1cccc(NC(=O)C2C(=O)CC(C)(O)C(C(=O)Nc3cccc(C)c3C)C2c2cccs2)c1C. The molecule has 1 heterocycles. The van der Waals surface area contributed by atoms with Gasteiger partial charge in [-0.05, 0) is 80.5 Å². The first-order valence-electron chi connectivity index (χ1n) is 12.0. The molecule has 3 N–H and O–H groups in total. The van der Waals surface area contributed by atoms with Crippen molar-refractivity contribution in [2.45, 2.75) is 52.6 Å². The minimum Gasteiger partial charge on any atom is -0.389 e. The fraction of sp³-hybridized carbons (Fsp3) is 0.345. The second-order valence-electron chi connectivity index (χ2n) is 9.97. The lowest BCUT2D eigenvalue weighted by Crippen LogP contribution is -2.56. The fourth-order valence-corrected chi connectivity index (χ4v) is 6.01. The van der Waals surface area contributed by atoms with E-state index in [2.05, 4.69) is 10.6 Å². The molecule has 2 aromatic carbocycles. The van der Waals surface area contributed by atoms with Crippen LogP contribution in [-0.2, 0) is 14.4 Å². The Balaban J connectivity index is 1.74. The number of aryl methyl sites for hydroxylation is 2. The van der Waals surface area contributed by atoms with E-state index >= 15 is 0 Å². The molecule has 2 amide bonds. The van der Waals surface area contributed by atoms with Crippen molar-refractivity contribution in [2.24, 2.45) is 11.8 Å². The van der Waals surface area contributed by atoms with Crippen LogP contribution < -0.4 is 10.6 Å². The molecule has 0 saturated heterocycles. The van der Waals surface area contributed by atoms with E-state index in [0.29, 0.717) is 16.3 Å². The molecule has 1 aromatic heterocycles. The Kier molecular flexibility index (Phi) is 7.16. The third-order valence-electron chi connectivity index (χ3n) is 7.43. The van der Waals surface area contributed by atoms with Gasteiger partial charge in [-0.15, -0.1) is 11.3 Å². The zero-order valence-corrected chi connectivity index (χ0v) is 22.0. The molecule has 4 unspecified atom stereocenters. The molecule has 1 aliphatic rings. The van der Waals surface area contributed by atoms with Gasteiger partial charge in [-0.25, -0.2) is 0 Å². The Labute approximate surface area is 215 Å². The van der Waals surface area contributed by atoms with Gasteiger partial charge >= 0.3 is 0 Å². The molecule has 1 fully saturated rings. The largest absolute Gasteiger partial charge is 0.389 e. The predicted octanol–water partition coefficient (Wildman–Crippen LogP) is 5.30. The summed E-state index contributed by atoms with van der Waals surface area (Å²) in [6, 6.07) is 14.9. The summed E-state index contributed by atoms with van der Waals surface area (Å²) in [4.78, 5) is 41.5. The maximum Gasteiger partial charge on any atom is 0.235 e. The molecule has 0 aliphatic heterocycles. The van der Waals surface area contributed by atoms with Crippen LogP contribution in [0.5, 0.6) is 0 Å². The highest BCUT2D eigenvalue weighted by molar-refractivity contribution is 7.10. The molecule has 0 bridgehead atoms. The molecule has 4 rings (SSSR count). The molecule has 1 saturated carbocycles. The normalized spacial score (nSPS) is 23.8. The number of aliphatic hydroxyl groups is 1. The summed E-state index contributed by atoms with van der Waals surface area (Å²) >= 11 is 1.38. The van der Waals surface area contributed by atoms with Crippen molar-refractivity contribution in [2.75, 3.05) is 10.6 Å². The number of carbonyl (C=O) groups excluding carboxylic acids is 3. The van der Waals surface area contributed by atoms with E-state index in [-0.39, 0.29) is 12.2 Å². The predicted molar refractivity (Wildman–Crippen MR) is 143 cm³/mol. The number of hydrogen-bond acceptors (Lipinski definition) is 5. The van der Waals surface area contributed by atoms with E-state index in [1.165, 1.54) is 18.3 Å². The van der Waals surface area contributed by atoms with Gasteiger partial charge in [-0.3, -0.25) is 14.4 Å². The van der Waals surface area contributed by atoms with Crippen LogP contribution in [0.1, 0.15) is 46.4 Å². The zero-order chi connectivity index (χ0) is 26.2. The van der Waals surface area contributed by atoms with Crippen LogP contribution in [0.3, 0.4) is 0 Å². The highest BCUT2D eigenvalue weighted by Crippen LogP contribution is 2.48. The number of thiophene rings is 1. The quantitative estimate of drug-likeness (QED) is 0.411. The molecule has 0 radical (unpaired) electrons. The van der Waals surface area contributed by atoms with Crippen LogP contribution in [0.25, 0.3) is 0 Å². The van der Waals surface area contributed by atoms with Gasteiger partial charge in [0.15, 0.2) is 0 Å². The lowest BCUT2D eigenvalue weighted by molar-refractivity contribution is -0.150. The number of nitrogens with one attached hydrogen (secondary N) is 2. The summed E-state index contributed by atoms with van der Waals surface area (Å²) in [5.41, 5.74) is 3.54. The monoisotopic (exact) mass is 504 g/mol. The van der Waals surface area contributed by atoms with Crippen LogP contribution in [0.15, 0.2) is 53.9 Å². The van der Waals surface area contributed by atoms with Crippen molar-refractivity contribution in [3.8, 4) is 0 Å². The molecular formula is C29H32N2O4S. The van der Waals surface area contributed by atoms with E-state index in [4.69, 9.17) is 0 Å². The first kappa shape index (κ1) is 25.8. The summed E-state index contributed by atoms with van der Waals surface area (Å²) in [5, 5.41) is 19.2. The van der Waals surface area contributed by atoms with E-state index in [1.807, 2.05) is 75.5 Å². The summed E-state index contributed by atoms with van der Waals surface area (Å²) in [7, 11) is 0. The summed E-state index contributed by atoms with van der Waals surface area (Å²) in [6.45, 7) is 9.26. The van der Waals surface area contributed by atoms with Gasteiger partial charge in [-0.1, -0.05) is 30.3 Å². The third-order valence-corrected chi connectivity index (χ3v) is 8.40. The molecule has 6 nitrogen and oxygen atoms in total. The van der Waals surface area contributed by atoms with Crippen LogP contribution in [0, 0.1) is 39.5 Å². The van der Waals surface area contributed by atoms with E-state index in [1.54, 1.807) is 6.07 Å². The fourth-order valence-electron chi connectivity index (χ4n) is 5.11. The number of carbonyl (C=O) groups is 3. The first-order chi connectivity index (χ1) is 17.0. The molecule has 0 spiro atoms. The Bertz CT molecular complexity index is 1310. The average Bonchev–Trinajstić information content (AvgIpc) is 3.33. The van der Waals surface area contributed by atoms with Gasteiger partial charge in [0.2, 0.25) is 11.8 Å². The van der Waals surface area contributed by atoms with Gasteiger partial charge in [0.1, 0.15) is 11.7 Å². The van der Waals surface area contributed by atoms with Crippen molar-refractivity contribution in [1.29, 1.82) is 0 Å². The Morgan fingerprint density at radius 2 is 1.44 bits per heavy atom.